The van der Waals surface area contributed by atoms with Gasteiger partial charge in [0.1, 0.15) is 0 Å². The Bertz CT molecular complexity index is 1180. The van der Waals surface area contributed by atoms with Crippen LogP contribution in [-0.4, -0.2) is 58.0 Å². The number of hydrogen-bond donors (Lipinski definition) is 0. The highest BCUT2D eigenvalue weighted by Gasteiger charge is 2.27. The minimum absolute atomic E-state index is 0.285. The lowest BCUT2D eigenvalue weighted by atomic mass is 10.0. The zero-order valence-corrected chi connectivity index (χ0v) is 22.8. The van der Waals surface area contributed by atoms with Crippen LogP contribution in [0, 0.1) is 0 Å². The molecule has 2 aliphatic rings. The van der Waals surface area contributed by atoms with Crippen molar-refractivity contribution in [3.05, 3.63) is 78.2 Å². The summed E-state index contributed by atoms with van der Waals surface area (Å²) in [6.07, 6.45) is 14.4. The number of piperidine rings is 1. The molecule has 3 aromatic rings. The van der Waals surface area contributed by atoms with Crippen molar-refractivity contribution in [1.82, 2.24) is 19.8 Å². The van der Waals surface area contributed by atoms with Crippen LogP contribution in [0.4, 0.5) is 0 Å². The Balaban J connectivity index is 1.21. The van der Waals surface area contributed by atoms with E-state index in [4.69, 9.17) is 9.47 Å². The molecule has 7 heteroatoms. The molecule has 0 radical (unpaired) electrons. The maximum atomic E-state index is 12.9. The molecule has 1 aromatic carbocycles. The van der Waals surface area contributed by atoms with Crippen LogP contribution in [0.2, 0.25) is 0 Å². The lowest BCUT2D eigenvalue weighted by Gasteiger charge is -2.39. The van der Waals surface area contributed by atoms with Gasteiger partial charge in [-0.15, -0.1) is 0 Å². The van der Waals surface area contributed by atoms with Crippen LogP contribution in [0.15, 0.2) is 67.1 Å². The van der Waals surface area contributed by atoms with E-state index in [-0.39, 0.29) is 5.91 Å². The fourth-order valence-electron chi connectivity index (χ4n) is 5.59. The molecule has 4 heterocycles. The van der Waals surface area contributed by atoms with Crippen LogP contribution in [0.5, 0.6) is 17.4 Å². The van der Waals surface area contributed by atoms with Gasteiger partial charge in [0.25, 0.3) is 0 Å². The van der Waals surface area contributed by atoms with Gasteiger partial charge in [-0.3, -0.25) is 14.7 Å². The van der Waals surface area contributed by atoms with E-state index in [0.29, 0.717) is 30.7 Å². The van der Waals surface area contributed by atoms with Gasteiger partial charge >= 0.3 is 0 Å². The summed E-state index contributed by atoms with van der Waals surface area (Å²) in [5.74, 6) is 2.39. The third-order valence-electron chi connectivity index (χ3n) is 7.82. The molecule has 0 N–H and O–H groups in total. The van der Waals surface area contributed by atoms with Crippen LogP contribution in [0.25, 0.3) is 0 Å². The van der Waals surface area contributed by atoms with Gasteiger partial charge in [0.2, 0.25) is 11.8 Å². The molecule has 1 amide bonds. The van der Waals surface area contributed by atoms with Crippen molar-refractivity contribution >= 4 is 5.91 Å². The first kappa shape index (κ1) is 27.1. The van der Waals surface area contributed by atoms with Gasteiger partial charge < -0.3 is 14.4 Å². The second kappa shape index (κ2) is 14.1. The number of benzene rings is 1. The summed E-state index contributed by atoms with van der Waals surface area (Å²) in [5.41, 5.74) is 2.33. The molecule has 0 bridgehead atoms. The maximum absolute atomic E-state index is 12.9. The lowest BCUT2D eigenvalue weighted by Crippen LogP contribution is -2.46. The van der Waals surface area contributed by atoms with E-state index in [1.54, 1.807) is 6.20 Å². The summed E-state index contributed by atoms with van der Waals surface area (Å²) in [6.45, 7) is 4.17. The number of carbonyl (C=O) groups is 1. The van der Waals surface area contributed by atoms with Gasteiger partial charge in [-0.25, -0.2) is 4.98 Å². The van der Waals surface area contributed by atoms with Gasteiger partial charge in [-0.05, 0) is 81.0 Å². The SMILES string of the molecule is O=C(CCCc1ccncc1)N1CCC(N2CCCCCCOc3ccccc3Oc3ncccc3C2)CC1. The summed E-state index contributed by atoms with van der Waals surface area (Å²) in [5, 5.41) is 0. The highest BCUT2D eigenvalue weighted by molar-refractivity contribution is 5.76. The fraction of sp³-hybridized carbons (Fsp3) is 0.469. The van der Waals surface area contributed by atoms with E-state index in [2.05, 4.69) is 25.8 Å². The van der Waals surface area contributed by atoms with Gasteiger partial charge in [0, 0.05) is 56.3 Å². The predicted octanol–water partition coefficient (Wildman–Crippen LogP) is 6.04. The van der Waals surface area contributed by atoms with Crippen molar-refractivity contribution in [2.45, 2.75) is 70.4 Å². The van der Waals surface area contributed by atoms with Crippen molar-refractivity contribution in [2.75, 3.05) is 26.2 Å². The maximum Gasteiger partial charge on any atom is 0.223 e. The summed E-state index contributed by atoms with van der Waals surface area (Å²) in [4.78, 5) is 26.3. The average Bonchev–Trinajstić information content (AvgIpc) is 2.98. The molecule has 0 aliphatic carbocycles. The number of amides is 1. The van der Waals surface area contributed by atoms with Crippen molar-refractivity contribution in [2.24, 2.45) is 0 Å². The Labute approximate surface area is 232 Å². The smallest absolute Gasteiger partial charge is 0.223 e. The number of rotatable bonds is 5. The van der Waals surface area contributed by atoms with Crippen molar-refractivity contribution in [3.63, 3.8) is 0 Å². The molecule has 2 aliphatic heterocycles. The molecular formula is C32H40N4O3. The lowest BCUT2D eigenvalue weighted by molar-refractivity contribution is -0.132. The van der Waals surface area contributed by atoms with Gasteiger partial charge in [-0.1, -0.05) is 31.0 Å². The van der Waals surface area contributed by atoms with Crippen LogP contribution in [-0.2, 0) is 17.8 Å². The normalized spacial score (nSPS) is 17.7. The first-order valence-corrected chi connectivity index (χ1v) is 14.5. The second-order valence-electron chi connectivity index (χ2n) is 10.6. The summed E-state index contributed by atoms with van der Waals surface area (Å²) in [6, 6.07) is 16.5. The Morgan fingerprint density at radius 2 is 1.67 bits per heavy atom. The molecule has 0 atom stereocenters. The minimum Gasteiger partial charge on any atom is -0.490 e. The van der Waals surface area contributed by atoms with E-state index in [9.17, 15) is 4.79 Å². The van der Waals surface area contributed by atoms with Crippen molar-refractivity contribution < 1.29 is 14.3 Å². The molecule has 2 aromatic heterocycles. The minimum atomic E-state index is 0.285. The highest BCUT2D eigenvalue weighted by atomic mass is 16.5. The van der Waals surface area contributed by atoms with E-state index >= 15 is 0 Å². The Hall–Kier alpha value is -3.45. The van der Waals surface area contributed by atoms with Gasteiger partial charge in [0.15, 0.2) is 11.5 Å². The van der Waals surface area contributed by atoms with E-state index in [1.165, 1.54) is 12.0 Å². The molecule has 39 heavy (non-hydrogen) atoms. The Kier molecular flexibility index (Phi) is 9.80. The summed E-state index contributed by atoms with van der Waals surface area (Å²) >= 11 is 0. The topological polar surface area (TPSA) is 67.8 Å². The number of carbonyl (C=O) groups excluding carboxylic acids is 1. The summed E-state index contributed by atoms with van der Waals surface area (Å²) in [7, 11) is 0. The molecule has 5 rings (SSSR count). The molecule has 0 unspecified atom stereocenters. The third kappa shape index (κ3) is 7.79. The third-order valence-corrected chi connectivity index (χ3v) is 7.82. The van der Waals surface area contributed by atoms with E-state index in [1.807, 2.05) is 54.9 Å². The summed E-state index contributed by atoms with van der Waals surface area (Å²) < 4.78 is 12.4. The molecule has 1 saturated heterocycles. The largest absolute Gasteiger partial charge is 0.490 e. The molecule has 1 fully saturated rings. The average molecular weight is 529 g/mol. The second-order valence-corrected chi connectivity index (χ2v) is 10.6. The standard InChI is InChI=1S/C32H40N4O3/c37-31(13-7-9-26-14-19-33-20-15-26)35-22-16-28(17-23-35)36-21-5-1-2-6-24-38-29-11-3-4-12-30(29)39-32-27(25-36)10-8-18-34-32/h3-4,8,10-12,14-15,18-20,28H,1-2,5-7,9,13,16-17,21-25H2. The van der Waals surface area contributed by atoms with E-state index in [0.717, 1.165) is 82.4 Å². The quantitative estimate of drug-likeness (QED) is 0.402. The number of likely N-dealkylation sites (tertiary alicyclic amines) is 1. The van der Waals surface area contributed by atoms with Gasteiger partial charge in [-0.2, -0.15) is 0 Å². The zero-order valence-electron chi connectivity index (χ0n) is 22.8. The highest BCUT2D eigenvalue weighted by Crippen LogP contribution is 2.33. The van der Waals surface area contributed by atoms with Crippen molar-refractivity contribution in [1.29, 1.82) is 0 Å². The van der Waals surface area contributed by atoms with Crippen LogP contribution in [0.3, 0.4) is 0 Å². The Morgan fingerprint density at radius 1 is 0.872 bits per heavy atom. The first-order chi connectivity index (χ1) is 19.3. The monoisotopic (exact) mass is 528 g/mol. The molecule has 0 spiro atoms. The number of fused-ring (bicyclic) bond motifs is 2. The number of hydrogen-bond acceptors (Lipinski definition) is 6. The number of aryl methyl sites for hydroxylation is 1. The van der Waals surface area contributed by atoms with E-state index < -0.39 is 0 Å². The molecule has 7 nitrogen and oxygen atoms in total. The zero-order chi connectivity index (χ0) is 26.7. The first-order valence-electron chi connectivity index (χ1n) is 14.5. The number of para-hydroxylation sites is 2. The number of aromatic nitrogens is 2. The predicted molar refractivity (Wildman–Crippen MR) is 152 cm³/mol. The van der Waals surface area contributed by atoms with Crippen LogP contribution < -0.4 is 9.47 Å². The number of pyridine rings is 2. The van der Waals surface area contributed by atoms with Gasteiger partial charge in [0.05, 0.1) is 6.61 Å². The molecular weight excluding hydrogens is 488 g/mol. The fourth-order valence-corrected chi connectivity index (χ4v) is 5.59. The Morgan fingerprint density at radius 3 is 2.51 bits per heavy atom. The number of nitrogens with zero attached hydrogens (tertiary/aromatic N) is 4. The molecule has 206 valence electrons. The van der Waals surface area contributed by atoms with Crippen LogP contribution >= 0.6 is 0 Å². The van der Waals surface area contributed by atoms with Crippen molar-refractivity contribution in [3.8, 4) is 17.4 Å². The number of ether oxygens (including phenoxy) is 2. The molecule has 0 saturated carbocycles. The van der Waals surface area contributed by atoms with Crippen LogP contribution in [0.1, 0.15) is 62.5 Å².